The minimum absolute atomic E-state index is 0.151. The lowest BCUT2D eigenvalue weighted by Gasteiger charge is -2.12. The van der Waals surface area contributed by atoms with E-state index in [1.54, 1.807) is 24.3 Å². The lowest BCUT2D eigenvalue weighted by molar-refractivity contribution is -0.123. The van der Waals surface area contributed by atoms with Gasteiger partial charge in [-0.2, -0.15) is 10.4 Å². The van der Waals surface area contributed by atoms with Crippen LogP contribution in [0.15, 0.2) is 53.6 Å². The first-order chi connectivity index (χ1) is 12.0. The van der Waals surface area contributed by atoms with Crippen molar-refractivity contribution in [2.45, 2.75) is 6.92 Å². The minimum Gasteiger partial charge on any atom is -0.484 e. The highest BCUT2D eigenvalue weighted by atomic mass is 16.5. The number of amides is 1. The van der Waals surface area contributed by atoms with Crippen LogP contribution in [-0.2, 0) is 4.79 Å². The summed E-state index contributed by atoms with van der Waals surface area (Å²) in [6.07, 6.45) is 0. The Hall–Kier alpha value is -3.33. The highest BCUT2D eigenvalue weighted by Crippen LogP contribution is 2.13. The topological polar surface area (TPSA) is 77.7 Å². The molecule has 0 unspecified atom stereocenters. The van der Waals surface area contributed by atoms with Gasteiger partial charge in [-0.1, -0.05) is 12.1 Å². The summed E-state index contributed by atoms with van der Waals surface area (Å²) >= 11 is 0. The molecule has 2 aromatic rings. The van der Waals surface area contributed by atoms with Gasteiger partial charge in [0.2, 0.25) is 0 Å². The molecule has 0 atom stereocenters. The van der Waals surface area contributed by atoms with Crippen LogP contribution in [0.5, 0.6) is 5.75 Å². The molecule has 1 N–H and O–H groups in total. The third-order valence-electron chi connectivity index (χ3n) is 3.50. The first-order valence-electron chi connectivity index (χ1n) is 7.73. The van der Waals surface area contributed by atoms with Crippen molar-refractivity contribution >= 4 is 17.3 Å². The molecule has 0 fully saturated rings. The fourth-order valence-electron chi connectivity index (χ4n) is 2.02. The molecule has 0 radical (unpaired) electrons. The molecule has 1 amide bonds. The number of benzene rings is 2. The number of nitriles is 1. The molecule has 2 rings (SSSR count). The second kappa shape index (κ2) is 8.50. The standard InChI is InChI=1S/C19H20N4O2/c1-14(16-6-8-17(9-7-16)23(2)3)21-22-19(24)13-25-18-10-4-15(12-20)5-11-18/h4-11H,13H2,1-3H3,(H,22,24)/b21-14-. The van der Waals surface area contributed by atoms with Crippen LogP contribution >= 0.6 is 0 Å². The molecular weight excluding hydrogens is 316 g/mol. The van der Waals surface area contributed by atoms with Gasteiger partial charge >= 0.3 is 0 Å². The van der Waals surface area contributed by atoms with E-state index in [0.29, 0.717) is 17.0 Å². The summed E-state index contributed by atoms with van der Waals surface area (Å²) in [5, 5.41) is 12.8. The van der Waals surface area contributed by atoms with E-state index in [2.05, 4.69) is 10.5 Å². The van der Waals surface area contributed by atoms with Gasteiger partial charge in [-0.15, -0.1) is 0 Å². The smallest absolute Gasteiger partial charge is 0.277 e. The van der Waals surface area contributed by atoms with Crippen molar-refractivity contribution in [3.63, 3.8) is 0 Å². The predicted molar refractivity (Wildman–Crippen MR) is 97.8 cm³/mol. The molecule has 6 heteroatoms. The zero-order chi connectivity index (χ0) is 18.2. The van der Waals surface area contributed by atoms with Gasteiger partial charge in [0.15, 0.2) is 6.61 Å². The number of nitrogens with one attached hydrogen (secondary N) is 1. The fraction of sp³-hybridized carbons (Fsp3) is 0.211. The number of hydrogen-bond donors (Lipinski definition) is 1. The average Bonchev–Trinajstić information content (AvgIpc) is 2.64. The number of carbonyl (C=O) groups is 1. The van der Waals surface area contributed by atoms with Crippen molar-refractivity contribution < 1.29 is 9.53 Å². The summed E-state index contributed by atoms with van der Waals surface area (Å²) in [7, 11) is 3.95. The maximum atomic E-state index is 11.8. The van der Waals surface area contributed by atoms with E-state index in [9.17, 15) is 4.79 Å². The Balaban J connectivity index is 1.86. The van der Waals surface area contributed by atoms with Crippen LogP contribution < -0.4 is 15.1 Å². The second-order valence-corrected chi connectivity index (χ2v) is 5.60. The normalized spacial score (nSPS) is 10.7. The van der Waals surface area contributed by atoms with Gasteiger partial charge < -0.3 is 9.64 Å². The second-order valence-electron chi connectivity index (χ2n) is 5.60. The Morgan fingerprint density at radius 3 is 2.36 bits per heavy atom. The van der Waals surface area contributed by atoms with Crippen LogP contribution in [0.25, 0.3) is 0 Å². The molecule has 0 heterocycles. The highest BCUT2D eigenvalue weighted by molar-refractivity contribution is 5.99. The highest BCUT2D eigenvalue weighted by Gasteiger charge is 2.04. The molecule has 0 aliphatic rings. The molecule has 0 aliphatic carbocycles. The van der Waals surface area contributed by atoms with E-state index in [-0.39, 0.29) is 12.5 Å². The molecular formula is C19H20N4O2. The first-order valence-corrected chi connectivity index (χ1v) is 7.73. The fourth-order valence-corrected chi connectivity index (χ4v) is 2.02. The maximum absolute atomic E-state index is 11.8. The maximum Gasteiger partial charge on any atom is 0.277 e. The van der Waals surface area contributed by atoms with Gasteiger partial charge in [-0.05, 0) is 48.9 Å². The van der Waals surface area contributed by atoms with E-state index < -0.39 is 0 Å². The zero-order valence-electron chi connectivity index (χ0n) is 14.5. The van der Waals surface area contributed by atoms with Crippen molar-refractivity contribution in [1.82, 2.24) is 5.43 Å². The lowest BCUT2D eigenvalue weighted by atomic mass is 10.1. The number of hydrazone groups is 1. The van der Waals surface area contributed by atoms with Gasteiger partial charge in [-0.3, -0.25) is 4.79 Å². The molecule has 6 nitrogen and oxygen atoms in total. The van der Waals surface area contributed by atoms with Gasteiger partial charge in [0.25, 0.3) is 5.91 Å². The summed E-state index contributed by atoms with van der Waals surface area (Å²) in [5.41, 5.74) is 5.74. The molecule has 0 aromatic heterocycles. The number of carbonyl (C=O) groups excluding carboxylic acids is 1. The molecule has 128 valence electrons. The van der Waals surface area contributed by atoms with E-state index >= 15 is 0 Å². The van der Waals surface area contributed by atoms with Crippen LogP contribution in [-0.4, -0.2) is 32.3 Å². The molecule has 2 aromatic carbocycles. The van der Waals surface area contributed by atoms with Gasteiger partial charge in [-0.25, -0.2) is 5.43 Å². The Labute approximate surface area is 147 Å². The van der Waals surface area contributed by atoms with Crippen molar-refractivity contribution in [3.8, 4) is 11.8 Å². The summed E-state index contributed by atoms with van der Waals surface area (Å²) in [6.45, 7) is 1.68. The zero-order valence-corrected chi connectivity index (χ0v) is 14.5. The molecule has 0 saturated carbocycles. The molecule has 0 bridgehead atoms. The van der Waals surface area contributed by atoms with Gasteiger partial charge in [0, 0.05) is 19.8 Å². The quantitative estimate of drug-likeness (QED) is 0.649. The monoisotopic (exact) mass is 336 g/mol. The molecule has 25 heavy (non-hydrogen) atoms. The van der Waals surface area contributed by atoms with Crippen molar-refractivity contribution in [2.75, 3.05) is 25.6 Å². The lowest BCUT2D eigenvalue weighted by Crippen LogP contribution is -2.25. The van der Waals surface area contributed by atoms with Crippen LogP contribution in [0.1, 0.15) is 18.1 Å². The van der Waals surface area contributed by atoms with Crippen LogP contribution in [0.3, 0.4) is 0 Å². The predicted octanol–water partition coefficient (Wildman–Crippen LogP) is 2.54. The van der Waals surface area contributed by atoms with E-state index in [1.807, 2.05) is 56.3 Å². The third kappa shape index (κ3) is 5.36. The van der Waals surface area contributed by atoms with E-state index in [0.717, 1.165) is 11.3 Å². The number of hydrogen-bond acceptors (Lipinski definition) is 5. The minimum atomic E-state index is -0.353. The first kappa shape index (κ1) is 18.0. The molecule has 0 aliphatic heterocycles. The SMILES string of the molecule is C/C(=N/NC(=O)COc1ccc(C#N)cc1)c1ccc(N(C)C)cc1. The largest absolute Gasteiger partial charge is 0.484 e. The van der Waals surface area contributed by atoms with Crippen molar-refractivity contribution in [2.24, 2.45) is 5.10 Å². The van der Waals surface area contributed by atoms with Crippen LogP contribution in [0.2, 0.25) is 0 Å². The number of anilines is 1. The van der Waals surface area contributed by atoms with Crippen molar-refractivity contribution in [1.29, 1.82) is 5.26 Å². The Kier molecular flexibility index (Phi) is 6.13. The number of nitrogens with zero attached hydrogens (tertiary/aromatic N) is 3. The number of ether oxygens (including phenoxy) is 1. The Bertz CT molecular complexity index is 788. The number of rotatable bonds is 6. The molecule has 0 saturated heterocycles. The van der Waals surface area contributed by atoms with Gasteiger partial charge in [0.1, 0.15) is 5.75 Å². The molecule has 0 spiro atoms. The Morgan fingerprint density at radius 2 is 1.80 bits per heavy atom. The van der Waals surface area contributed by atoms with E-state index in [4.69, 9.17) is 10.00 Å². The van der Waals surface area contributed by atoms with E-state index in [1.165, 1.54) is 0 Å². The summed E-state index contributed by atoms with van der Waals surface area (Å²) < 4.78 is 5.35. The summed E-state index contributed by atoms with van der Waals surface area (Å²) in [6, 6.07) is 16.5. The van der Waals surface area contributed by atoms with Crippen LogP contribution in [0, 0.1) is 11.3 Å². The van der Waals surface area contributed by atoms with Crippen molar-refractivity contribution in [3.05, 3.63) is 59.7 Å². The van der Waals surface area contributed by atoms with Gasteiger partial charge in [0.05, 0.1) is 17.3 Å². The summed E-state index contributed by atoms with van der Waals surface area (Å²) in [5.74, 6) is 0.169. The summed E-state index contributed by atoms with van der Waals surface area (Å²) in [4.78, 5) is 13.8. The average molecular weight is 336 g/mol. The third-order valence-corrected chi connectivity index (χ3v) is 3.50. The Morgan fingerprint density at radius 1 is 1.16 bits per heavy atom. The van der Waals surface area contributed by atoms with Crippen LogP contribution in [0.4, 0.5) is 5.69 Å².